The summed E-state index contributed by atoms with van der Waals surface area (Å²) in [4.78, 5) is 13.0. The minimum Gasteiger partial charge on any atom is -0.478 e. The number of nitrogens with two attached hydrogens (primary N) is 1. The molecule has 0 amide bonds. The van der Waals surface area contributed by atoms with Crippen molar-refractivity contribution in [3.8, 4) is 0 Å². The summed E-state index contributed by atoms with van der Waals surface area (Å²) in [6.45, 7) is 2.65. The smallest absolute Gasteiger partial charge is 0.337 e. The van der Waals surface area contributed by atoms with Crippen molar-refractivity contribution in [2.75, 3.05) is 23.7 Å². The molecule has 2 rings (SSSR count). The van der Waals surface area contributed by atoms with Crippen LogP contribution in [0.3, 0.4) is 0 Å². The number of carboxylic acid groups (broad SMARTS) is 1. The molecular weight excluding hydrogens is 256 g/mol. The summed E-state index contributed by atoms with van der Waals surface area (Å²) in [6, 6.07) is 2.91. The number of hydrogen-bond acceptors (Lipinski definition) is 4. The number of β-amino-alcohol motifs (C(OH)–C–C–N with tert-alkyl or cyclic N) is 1. The molecule has 0 spiro atoms. The molecule has 1 aromatic carbocycles. The van der Waals surface area contributed by atoms with E-state index in [0.717, 1.165) is 0 Å². The predicted molar refractivity (Wildman–Crippen MR) is 70.3 cm³/mol. The molecule has 0 aromatic heterocycles. The van der Waals surface area contributed by atoms with Gasteiger partial charge in [0.05, 0.1) is 21.9 Å². The number of carboxylic acids is 1. The SMILES string of the molecule is CC1(O)CCN(c2c(Cl)cc(N)cc2C(=O)O)C1. The van der Waals surface area contributed by atoms with E-state index in [0.29, 0.717) is 35.9 Å². The Morgan fingerprint density at radius 1 is 1.56 bits per heavy atom. The van der Waals surface area contributed by atoms with Crippen molar-refractivity contribution in [3.05, 3.63) is 22.7 Å². The maximum Gasteiger partial charge on any atom is 0.337 e. The molecule has 98 valence electrons. The van der Waals surface area contributed by atoms with Gasteiger partial charge in [0.25, 0.3) is 0 Å². The fourth-order valence-electron chi connectivity index (χ4n) is 2.24. The summed E-state index contributed by atoms with van der Waals surface area (Å²) in [5, 5.41) is 19.4. The zero-order valence-corrected chi connectivity index (χ0v) is 10.7. The Morgan fingerprint density at radius 2 is 2.22 bits per heavy atom. The molecule has 1 aliphatic rings. The maximum absolute atomic E-state index is 11.2. The van der Waals surface area contributed by atoms with Crippen LogP contribution in [0.25, 0.3) is 0 Å². The summed E-state index contributed by atoms with van der Waals surface area (Å²) in [6.07, 6.45) is 0.576. The van der Waals surface area contributed by atoms with Crippen LogP contribution in [0, 0.1) is 0 Å². The van der Waals surface area contributed by atoms with Crippen molar-refractivity contribution < 1.29 is 15.0 Å². The number of halogens is 1. The number of benzene rings is 1. The van der Waals surface area contributed by atoms with Crippen molar-refractivity contribution in [1.82, 2.24) is 0 Å². The zero-order valence-electron chi connectivity index (χ0n) is 9.98. The molecule has 5 nitrogen and oxygen atoms in total. The second kappa shape index (κ2) is 4.33. The van der Waals surface area contributed by atoms with Crippen LogP contribution in [-0.2, 0) is 0 Å². The van der Waals surface area contributed by atoms with E-state index in [4.69, 9.17) is 17.3 Å². The summed E-state index contributed by atoms with van der Waals surface area (Å²) in [5.41, 5.74) is 5.59. The first-order valence-corrected chi connectivity index (χ1v) is 5.97. The van der Waals surface area contributed by atoms with Crippen molar-refractivity contribution in [2.24, 2.45) is 0 Å². The van der Waals surface area contributed by atoms with Gasteiger partial charge in [-0.15, -0.1) is 0 Å². The average Bonchev–Trinajstić information content (AvgIpc) is 2.57. The number of nitrogen functional groups attached to an aromatic ring is 1. The molecule has 1 aliphatic heterocycles. The Hall–Kier alpha value is -1.46. The highest BCUT2D eigenvalue weighted by Crippen LogP contribution is 2.36. The van der Waals surface area contributed by atoms with Gasteiger partial charge in [-0.2, -0.15) is 0 Å². The number of hydrogen-bond donors (Lipinski definition) is 3. The van der Waals surface area contributed by atoms with Crippen LogP contribution in [0.4, 0.5) is 11.4 Å². The van der Waals surface area contributed by atoms with Gasteiger partial charge >= 0.3 is 5.97 Å². The highest BCUT2D eigenvalue weighted by molar-refractivity contribution is 6.34. The van der Waals surface area contributed by atoms with Crippen molar-refractivity contribution in [3.63, 3.8) is 0 Å². The molecule has 0 radical (unpaired) electrons. The molecule has 4 N–H and O–H groups in total. The number of carbonyl (C=O) groups is 1. The van der Waals surface area contributed by atoms with Crippen molar-refractivity contribution in [1.29, 1.82) is 0 Å². The molecule has 1 heterocycles. The third-order valence-electron chi connectivity index (χ3n) is 3.08. The zero-order chi connectivity index (χ0) is 13.5. The quantitative estimate of drug-likeness (QED) is 0.711. The Morgan fingerprint density at radius 3 is 2.72 bits per heavy atom. The lowest BCUT2D eigenvalue weighted by molar-refractivity contribution is 0.0695. The summed E-state index contributed by atoms with van der Waals surface area (Å²) >= 11 is 6.09. The summed E-state index contributed by atoms with van der Waals surface area (Å²) in [7, 11) is 0. The van der Waals surface area contributed by atoms with Gasteiger partial charge in [-0.05, 0) is 25.5 Å². The molecule has 0 bridgehead atoms. The molecular formula is C12H15ClN2O3. The number of nitrogens with zero attached hydrogens (tertiary/aromatic N) is 1. The normalized spacial score (nSPS) is 23.4. The molecule has 18 heavy (non-hydrogen) atoms. The van der Waals surface area contributed by atoms with E-state index in [1.165, 1.54) is 12.1 Å². The van der Waals surface area contributed by atoms with Gasteiger partial charge in [0.1, 0.15) is 0 Å². The number of rotatable bonds is 2. The van der Waals surface area contributed by atoms with Gasteiger partial charge in [-0.25, -0.2) is 4.79 Å². The molecule has 1 fully saturated rings. The van der Waals surface area contributed by atoms with Gasteiger partial charge in [0.15, 0.2) is 0 Å². The second-order valence-electron chi connectivity index (χ2n) is 4.87. The second-order valence-corrected chi connectivity index (χ2v) is 5.28. The molecule has 1 saturated heterocycles. The standard InChI is InChI=1S/C12H15ClN2O3/c1-12(18)2-3-15(6-12)10-8(11(16)17)4-7(14)5-9(10)13/h4-5,18H,2-3,6,14H2,1H3,(H,16,17). The predicted octanol–water partition coefficient (Wildman–Crippen LogP) is 1.58. The first-order valence-electron chi connectivity index (χ1n) is 5.60. The lowest BCUT2D eigenvalue weighted by Crippen LogP contribution is -2.30. The van der Waals surface area contributed by atoms with Gasteiger partial charge in [-0.3, -0.25) is 0 Å². The van der Waals surface area contributed by atoms with E-state index in [2.05, 4.69) is 0 Å². The molecule has 1 aromatic rings. The number of aliphatic hydroxyl groups is 1. The van der Waals surface area contributed by atoms with E-state index in [9.17, 15) is 15.0 Å². The van der Waals surface area contributed by atoms with Gasteiger partial charge in [-0.1, -0.05) is 11.6 Å². The highest BCUT2D eigenvalue weighted by atomic mass is 35.5. The molecule has 1 unspecified atom stereocenters. The fraction of sp³-hybridized carbons (Fsp3) is 0.417. The lowest BCUT2D eigenvalue weighted by atomic mass is 10.1. The van der Waals surface area contributed by atoms with E-state index in [1.54, 1.807) is 11.8 Å². The molecule has 1 atom stereocenters. The molecule has 0 saturated carbocycles. The van der Waals surface area contributed by atoms with Crippen molar-refractivity contribution in [2.45, 2.75) is 18.9 Å². The van der Waals surface area contributed by atoms with E-state index in [1.807, 2.05) is 0 Å². The van der Waals surface area contributed by atoms with E-state index >= 15 is 0 Å². The summed E-state index contributed by atoms with van der Waals surface area (Å²) in [5.74, 6) is -1.08. The minimum absolute atomic E-state index is 0.0673. The third kappa shape index (κ3) is 2.37. The topological polar surface area (TPSA) is 86.8 Å². The average molecular weight is 271 g/mol. The van der Waals surface area contributed by atoms with Crippen LogP contribution in [0.2, 0.25) is 5.02 Å². The van der Waals surface area contributed by atoms with Gasteiger partial charge < -0.3 is 20.8 Å². The molecule has 0 aliphatic carbocycles. The first-order chi connectivity index (χ1) is 8.30. The van der Waals surface area contributed by atoms with E-state index in [-0.39, 0.29) is 5.56 Å². The highest BCUT2D eigenvalue weighted by Gasteiger charge is 2.34. The Kier molecular flexibility index (Phi) is 3.12. The Labute approximate surface area is 110 Å². The van der Waals surface area contributed by atoms with Crippen LogP contribution in [0.1, 0.15) is 23.7 Å². The van der Waals surface area contributed by atoms with Crippen LogP contribution in [0.5, 0.6) is 0 Å². The fourth-order valence-corrected chi connectivity index (χ4v) is 2.59. The first kappa shape index (κ1) is 13.0. The summed E-state index contributed by atoms with van der Waals surface area (Å²) < 4.78 is 0. The van der Waals surface area contributed by atoms with Crippen LogP contribution >= 0.6 is 11.6 Å². The monoisotopic (exact) mass is 270 g/mol. The minimum atomic E-state index is -1.08. The van der Waals surface area contributed by atoms with Crippen molar-refractivity contribution >= 4 is 28.9 Å². The molecule has 6 heteroatoms. The number of anilines is 2. The largest absolute Gasteiger partial charge is 0.478 e. The Balaban J connectivity index is 2.47. The Bertz CT molecular complexity index is 502. The van der Waals surface area contributed by atoms with Crippen LogP contribution < -0.4 is 10.6 Å². The maximum atomic E-state index is 11.2. The van der Waals surface area contributed by atoms with E-state index < -0.39 is 11.6 Å². The van der Waals surface area contributed by atoms with Gasteiger partial charge in [0, 0.05) is 18.8 Å². The van der Waals surface area contributed by atoms with Crippen LogP contribution in [0.15, 0.2) is 12.1 Å². The lowest BCUT2D eigenvalue weighted by Gasteiger charge is -2.23. The van der Waals surface area contributed by atoms with Gasteiger partial charge in [0.2, 0.25) is 0 Å². The third-order valence-corrected chi connectivity index (χ3v) is 3.37. The van der Waals surface area contributed by atoms with Crippen LogP contribution in [-0.4, -0.2) is 34.9 Å². The number of aromatic carboxylic acids is 1.